The topological polar surface area (TPSA) is 17.8 Å². The van der Waals surface area contributed by atoms with E-state index in [1.807, 2.05) is 0 Å². The van der Waals surface area contributed by atoms with E-state index in [0.29, 0.717) is 0 Å². The number of hydrogen-bond donors (Lipinski definition) is 0. The molecule has 0 unspecified atom stereocenters. The molecule has 0 bridgehead atoms. The van der Waals surface area contributed by atoms with Crippen LogP contribution >= 0.6 is 0 Å². The molecule has 39 heavy (non-hydrogen) atoms. The molecule has 0 amide bonds. The molecule has 1 aliphatic carbocycles. The van der Waals surface area contributed by atoms with E-state index in [9.17, 15) is 0 Å². The predicted molar refractivity (Wildman–Crippen MR) is 164 cm³/mol. The summed E-state index contributed by atoms with van der Waals surface area (Å²) in [5.41, 5.74) is 16.3. The van der Waals surface area contributed by atoms with Gasteiger partial charge < -0.3 is 0 Å². The third kappa shape index (κ3) is 3.59. The van der Waals surface area contributed by atoms with Gasteiger partial charge in [0.25, 0.3) is 0 Å². The highest BCUT2D eigenvalue weighted by Gasteiger charge is 2.35. The lowest BCUT2D eigenvalue weighted by molar-refractivity contribution is 0.660. The van der Waals surface area contributed by atoms with Gasteiger partial charge in [0.1, 0.15) is 5.82 Å². The molecule has 0 saturated heterocycles. The van der Waals surface area contributed by atoms with Gasteiger partial charge in [-0.1, -0.05) is 92.7 Å². The van der Waals surface area contributed by atoms with Crippen LogP contribution in [-0.2, 0) is 5.41 Å². The molecule has 1 aliphatic rings. The van der Waals surface area contributed by atoms with Gasteiger partial charge in [-0.3, -0.25) is 4.57 Å². The molecule has 0 radical (unpaired) electrons. The first kappa shape index (κ1) is 23.7. The lowest BCUT2D eigenvalue weighted by atomic mass is 9.81. The molecule has 0 fully saturated rings. The highest BCUT2D eigenvalue weighted by Crippen LogP contribution is 2.49. The fraction of sp³-hybridized carbons (Fsp3) is 0.162. The first-order valence-electron chi connectivity index (χ1n) is 13.7. The van der Waals surface area contributed by atoms with E-state index in [2.05, 4.69) is 142 Å². The fourth-order valence-corrected chi connectivity index (χ4v) is 6.41. The molecule has 190 valence electrons. The molecular weight excluding hydrogens is 472 g/mol. The van der Waals surface area contributed by atoms with E-state index < -0.39 is 0 Å². The van der Waals surface area contributed by atoms with Gasteiger partial charge in [-0.15, -0.1) is 0 Å². The van der Waals surface area contributed by atoms with Crippen LogP contribution in [0.25, 0.3) is 50.4 Å². The van der Waals surface area contributed by atoms with Crippen molar-refractivity contribution in [2.75, 3.05) is 0 Å². The van der Waals surface area contributed by atoms with Crippen LogP contribution in [0.2, 0.25) is 0 Å². The second-order valence-electron chi connectivity index (χ2n) is 11.5. The van der Waals surface area contributed by atoms with Crippen molar-refractivity contribution in [3.63, 3.8) is 0 Å². The van der Waals surface area contributed by atoms with Crippen LogP contribution in [-0.4, -0.2) is 9.55 Å². The minimum absolute atomic E-state index is 0.00343. The van der Waals surface area contributed by atoms with Gasteiger partial charge in [-0.05, 0) is 95.1 Å². The highest BCUT2D eigenvalue weighted by molar-refractivity contribution is 5.86. The lowest BCUT2D eigenvalue weighted by Crippen LogP contribution is -2.14. The van der Waals surface area contributed by atoms with Crippen LogP contribution in [0.15, 0.2) is 103 Å². The maximum Gasteiger partial charge on any atom is 0.145 e. The minimum Gasteiger partial charge on any atom is -0.292 e. The Hall–Kier alpha value is -4.43. The van der Waals surface area contributed by atoms with E-state index in [-0.39, 0.29) is 5.41 Å². The van der Waals surface area contributed by atoms with Crippen molar-refractivity contribution >= 4 is 11.0 Å². The van der Waals surface area contributed by atoms with Crippen molar-refractivity contribution in [2.45, 2.75) is 40.0 Å². The number of aryl methyl sites for hydroxylation is 2. The normalized spacial score (nSPS) is 13.5. The molecule has 0 N–H and O–H groups in total. The smallest absolute Gasteiger partial charge is 0.145 e. The van der Waals surface area contributed by atoms with Gasteiger partial charge in [0.05, 0.1) is 16.7 Å². The summed E-state index contributed by atoms with van der Waals surface area (Å²) in [7, 11) is 0. The van der Waals surface area contributed by atoms with E-state index in [4.69, 9.17) is 4.98 Å². The summed E-state index contributed by atoms with van der Waals surface area (Å²) in [5.74, 6) is 0.974. The molecule has 2 heteroatoms. The van der Waals surface area contributed by atoms with Gasteiger partial charge >= 0.3 is 0 Å². The van der Waals surface area contributed by atoms with Crippen molar-refractivity contribution in [1.29, 1.82) is 0 Å². The summed E-state index contributed by atoms with van der Waals surface area (Å²) >= 11 is 0. The standard InChI is InChI=1S/C37H32N2/c1-23-20-24(2)25(3)35(21-23)39-34-13-9-8-12-33(34)38-36(39)27-16-14-26(15-17-27)28-18-19-30-29-10-6-7-11-31(29)37(4,5)32(30)22-28/h6-22H,1-5H3. The van der Waals surface area contributed by atoms with Gasteiger partial charge in [0.15, 0.2) is 0 Å². The fourth-order valence-electron chi connectivity index (χ4n) is 6.41. The number of benzene rings is 5. The molecule has 7 rings (SSSR count). The molecule has 0 atom stereocenters. The first-order valence-corrected chi connectivity index (χ1v) is 13.7. The van der Waals surface area contributed by atoms with Crippen LogP contribution in [0.4, 0.5) is 0 Å². The summed E-state index contributed by atoms with van der Waals surface area (Å²) < 4.78 is 2.33. The van der Waals surface area contributed by atoms with Gasteiger partial charge in [0.2, 0.25) is 0 Å². The maximum absolute atomic E-state index is 5.11. The first-order chi connectivity index (χ1) is 18.8. The molecule has 2 nitrogen and oxygen atoms in total. The number of aromatic nitrogens is 2. The van der Waals surface area contributed by atoms with E-state index in [1.54, 1.807) is 0 Å². The summed E-state index contributed by atoms with van der Waals surface area (Å²) in [6.07, 6.45) is 0. The van der Waals surface area contributed by atoms with Crippen LogP contribution in [0.3, 0.4) is 0 Å². The van der Waals surface area contributed by atoms with E-state index in [1.165, 1.54) is 55.8 Å². The largest absolute Gasteiger partial charge is 0.292 e. The number of rotatable bonds is 3. The molecule has 1 heterocycles. The van der Waals surface area contributed by atoms with Crippen LogP contribution in [0.5, 0.6) is 0 Å². The summed E-state index contributed by atoms with van der Waals surface area (Å²) in [6.45, 7) is 11.2. The summed E-state index contributed by atoms with van der Waals surface area (Å²) in [6, 6.07) is 37.6. The number of para-hydroxylation sites is 2. The maximum atomic E-state index is 5.11. The zero-order valence-electron chi connectivity index (χ0n) is 23.2. The summed E-state index contributed by atoms with van der Waals surface area (Å²) in [5, 5.41) is 0. The zero-order chi connectivity index (χ0) is 26.9. The average Bonchev–Trinajstić information content (AvgIpc) is 3.44. The molecule has 0 spiro atoms. The van der Waals surface area contributed by atoms with Crippen LogP contribution < -0.4 is 0 Å². The third-order valence-corrected chi connectivity index (χ3v) is 8.65. The minimum atomic E-state index is -0.00343. The lowest BCUT2D eigenvalue weighted by Gasteiger charge is -2.22. The quantitative estimate of drug-likeness (QED) is 0.235. The molecule has 0 aliphatic heterocycles. The van der Waals surface area contributed by atoms with Crippen LogP contribution in [0, 0.1) is 20.8 Å². The Labute approximate surface area is 230 Å². The monoisotopic (exact) mass is 504 g/mol. The molecule has 6 aromatic rings. The van der Waals surface area contributed by atoms with Gasteiger partial charge in [-0.25, -0.2) is 4.98 Å². The number of nitrogens with zero attached hydrogens (tertiary/aromatic N) is 2. The van der Waals surface area contributed by atoms with Gasteiger partial charge in [-0.2, -0.15) is 0 Å². The number of imidazole rings is 1. The molecule has 5 aromatic carbocycles. The van der Waals surface area contributed by atoms with Crippen LogP contribution in [0.1, 0.15) is 41.7 Å². The number of hydrogen-bond acceptors (Lipinski definition) is 1. The zero-order valence-corrected chi connectivity index (χ0v) is 23.2. The van der Waals surface area contributed by atoms with Gasteiger partial charge in [0, 0.05) is 11.0 Å². The Morgan fingerprint density at radius 3 is 2.10 bits per heavy atom. The Bertz CT molecular complexity index is 1900. The Balaban J connectivity index is 1.33. The van der Waals surface area contributed by atoms with Crippen molar-refractivity contribution in [3.05, 3.63) is 131 Å². The van der Waals surface area contributed by atoms with Crippen molar-refractivity contribution in [2.24, 2.45) is 0 Å². The average molecular weight is 505 g/mol. The number of fused-ring (bicyclic) bond motifs is 4. The molecular formula is C37H32N2. The van der Waals surface area contributed by atoms with Crippen molar-refractivity contribution in [3.8, 4) is 39.3 Å². The summed E-state index contributed by atoms with van der Waals surface area (Å²) in [4.78, 5) is 5.11. The Morgan fingerprint density at radius 1 is 0.615 bits per heavy atom. The van der Waals surface area contributed by atoms with Crippen molar-refractivity contribution < 1.29 is 0 Å². The molecule has 1 aromatic heterocycles. The van der Waals surface area contributed by atoms with E-state index >= 15 is 0 Å². The van der Waals surface area contributed by atoms with E-state index in [0.717, 1.165) is 22.4 Å². The highest BCUT2D eigenvalue weighted by atomic mass is 15.1. The SMILES string of the molecule is Cc1cc(C)c(C)c(-n2c(-c3ccc(-c4ccc5c(c4)C(C)(C)c4ccccc4-5)cc3)nc3ccccc32)c1. The third-order valence-electron chi connectivity index (χ3n) is 8.65. The second kappa shape index (κ2) is 8.54. The van der Waals surface area contributed by atoms with Crippen molar-refractivity contribution in [1.82, 2.24) is 9.55 Å². The second-order valence-corrected chi connectivity index (χ2v) is 11.5. The predicted octanol–water partition coefficient (Wildman–Crippen LogP) is 9.59. The Kier molecular flexibility index (Phi) is 5.18. The Morgan fingerprint density at radius 2 is 1.28 bits per heavy atom. The molecule has 0 saturated carbocycles.